The van der Waals surface area contributed by atoms with Crippen LogP contribution in [0, 0.1) is 11.8 Å². The highest BCUT2D eigenvalue weighted by atomic mass is 32.1. The van der Waals surface area contributed by atoms with E-state index in [0.29, 0.717) is 52.9 Å². The van der Waals surface area contributed by atoms with E-state index in [2.05, 4.69) is 4.98 Å². The first-order valence-corrected chi connectivity index (χ1v) is 15.5. The van der Waals surface area contributed by atoms with Crippen molar-refractivity contribution in [2.24, 2.45) is 11.8 Å². The number of ether oxygens (including phenoxy) is 2. The van der Waals surface area contributed by atoms with Crippen LogP contribution in [0.25, 0.3) is 21.0 Å². The third-order valence-electron chi connectivity index (χ3n) is 9.10. The van der Waals surface area contributed by atoms with Crippen molar-refractivity contribution in [2.75, 3.05) is 7.11 Å². The molecule has 11 nitrogen and oxygen atoms in total. The van der Waals surface area contributed by atoms with Gasteiger partial charge < -0.3 is 24.1 Å². The molecule has 6 rings (SSSR count). The Morgan fingerprint density at radius 3 is 2.41 bits per heavy atom. The molecule has 1 aromatic carbocycles. The van der Waals surface area contributed by atoms with Crippen LogP contribution in [-0.4, -0.2) is 49.6 Å². The average Bonchev–Trinajstić information content (AvgIpc) is 3.77. The fourth-order valence-electron chi connectivity index (χ4n) is 6.91. The Kier molecular flexibility index (Phi) is 8.13. The molecular weight excluding hydrogens is 631 g/mol. The SMILES string of the molecule is COc1ccccc1C(Cn1c(=O)n(C(C)(C)C(=O)O)c(=O)c2c(C(F)(F)F)c(-c3ncco3)sc21)O[C@H]1C[C@H]2C[C@@H](O)C[C@H]2C1. The first-order chi connectivity index (χ1) is 21.7. The Morgan fingerprint density at radius 1 is 1.15 bits per heavy atom. The van der Waals surface area contributed by atoms with Crippen molar-refractivity contribution >= 4 is 27.5 Å². The Labute approximate surface area is 263 Å². The van der Waals surface area contributed by atoms with Gasteiger partial charge in [-0.15, -0.1) is 11.3 Å². The third kappa shape index (κ3) is 5.43. The molecule has 0 spiro atoms. The number of rotatable bonds is 9. The molecule has 246 valence electrons. The van der Waals surface area contributed by atoms with E-state index in [9.17, 15) is 37.8 Å². The summed E-state index contributed by atoms with van der Waals surface area (Å²) in [4.78, 5) is 43.4. The van der Waals surface area contributed by atoms with Crippen LogP contribution in [0.4, 0.5) is 13.2 Å². The van der Waals surface area contributed by atoms with Crippen LogP contribution in [0.2, 0.25) is 0 Å². The minimum atomic E-state index is -5.10. The van der Waals surface area contributed by atoms with Crippen LogP contribution >= 0.6 is 11.3 Å². The Morgan fingerprint density at radius 2 is 1.83 bits per heavy atom. The number of aliphatic hydroxyl groups excluding tert-OH is 1. The van der Waals surface area contributed by atoms with Crippen LogP contribution in [0.5, 0.6) is 5.75 Å². The number of carboxylic acid groups (broad SMARTS) is 1. The molecule has 2 aliphatic carbocycles. The summed E-state index contributed by atoms with van der Waals surface area (Å²) in [5.74, 6) is -1.09. The highest BCUT2D eigenvalue weighted by Crippen LogP contribution is 2.48. The molecule has 2 aliphatic rings. The highest BCUT2D eigenvalue weighted by Gasteiger charge is 2.45. The topological polar surface area (TPSA) is 146 Å². The molecule has 3 aromatic heterocycles. The van der Waals surface area contributed by atoms with Crippen molar-refractivity contribution in [1.82, 2.24) is 14.1 Å². The number of alkyl halides is 3. The number of thiophene rings is 1. The predicted octanol–water partition coefficient (Wildman–Crippen LogP) is 5.03. The molecule has 0 aliphatic heterocycles. The van der Waals surface area contributed by atoms with Gasteiger partial charge in [0.05, 0.1) is 43.0 Å². The lowest BCUT2D eigenvalue weighted by Gasteiger charge is -2.27. The summed E-state index contributed by atoms with van der Waals surface area (Å²) in [5.41, 5.74) is -5.60. The summed E-state index contributed by atoms with van der Waals surface area (Å²) in [7, 11) is 1.45. The lowest BCUT2D eigenvalue weighted by Crippen LogP contribution is -2.53. The number of carbonyl (C=O) groups is 1. The smallest absolute Gasteiger partial charge is 0.418 e. The first kappa shape index (κ1) is 32.0. The molecular formula is C31H32F3N3O8S. The van der Waals surface area contributed by atoms with Gasteiger partial charge in [-0.2, -0.15) is 13.2 Å². The van der Waals surface area contributed by atoms with Gasteiger partial charge in [0, 0.05) is 5.56 Å². The number of fused-ring (bicyclic) bond motifs is 2. The molecule has 0 amide bonds. The highest BCUT2D eigenvalue weighted by molar-refractivity contribution is 7.22. The van der Waals surface area contributed by atoms with Gasteiger partial charge in [-0.3, -0.25) is 9.36 Å². The van der Waals surface area contributed by atoms with Crippen molar-refractivity contribution in [3.8, 4) is 16.5 Å². The number of para-hydroxylation sites is 1. The zero-order valence-electron chi connectivity index (χ0n) is 25.1. The van der Waals surface area contributed by atoms with Gasteiger partial charge in [0.15, 0.2) is 0 Å². The molecule has 3 heterocycles. The number of halogens is 3. The minimum absolute atomic E-state index is 0.251. The molecule has 2 N–H and O–H groups in total. The maximum atomic E-state index is 14.8. The standard InChI is InChI=1S/C31H32F3N3O8S/c1-30(2,28(40)41)37-26(39)22-23(31(32,33)34)24(25-35-8-9-44-25)46-27(22)36(29(37)42)14-21(19-6-4-5-7-20(19)43-3)45-18-12-15-10-17(38)11-16(15)13-18/h4-9,15-18,21,38H,10-14H2,1-3H3,(H,40,41)/t15-,16+,17-,18+,21?. The van der Waals surface area contributed by atoms with Crippen molar-refractivity contribution in [3.63, 3.8) is 0 Å². The fourth-order valence-corrected chi connectivity index (χ4v) is 8.16. The Bertz CT molecular complexity index is 1880. The van der Waals surface area contributed by atoms with Crippen LogP contribution in [-0.2, 0) is 27.8 Å². The monoisotopic (exact) mass is 663 g/mol. The lowest BCUT2D eigenvalue weighted by molar-refractivity contribution is -0.146. The Balaban J connectivity index is 1.59. The first-order valence-electron chi connectivity index (χ1n) is 14.7. The van der Waals surface area contributed by atoms with Crippen LogP contribution in [0.1, 0.15) is 56.8 Å². The number of methoxy groups -OCH3 is 1. The summed E-state index contributed by atoms with van der Waals surface area (Å²) in [6, 6.07) is 6.87. The van der Waals surface area contributed by atoms with Gasteiger partial charge in [0.1, 0.15) is 33.4 Å². The zero-order valence-corrected chi connectivity index (χ0v) is 25.9. The summed E-state index contributed by atoms with van der Waals surface area (Å²) in [6.07, 6.45) is -1.88. The molecule has 46 heavy (non-hydrogen) atoms. The average molecular weight is 664 g/mol. The van der Waals surface area contributed by atoms with E-state index in [1.807, 2.05) is 0 Å². The van der Waals surface area contributed by atoms with Crippen LogP contribution in [0.3, 0.4) is 0 Å². The van der Waals surface area contributed by atoms with Crippen molar-refractivity contribution in [2.45, 2.75) is 76.1 Å². The van der Waals surface area contributed by atoms with Gasteiger partial charge in [-0.25, -0.2) is 19.1 Å². The molecule has 1 unspecified atom stereocenters. The van der Waals surface area contributed by atoms with E-state index in [1.54, 1.807) is 24.3 Å². The summed E-state index contributed by atoms with van der Waals surface area (Å²) in [6.45, 7) is 1.77. The number of aliphatic carboxylic acids is 1. The summed E-state index contributed by atoms with van der Waals surface area (Å²) in [5, 5.41) is 19.2. The van der Waals surface area contributed by atoms with E-state index in [1.165, 1.54) is 7.11 Å². The van der Waals surface area contributed by atoms with Gasteiger partial charge in [0.25, 0.3) is 5.56 Å². The van der Waals surface area contributed by atoms with Crippen molar-refractivity contribution < 1.29 is 42.1 Å². The molecule has 2 fully saturated rings. The van der Waals surface area contributed by atoms with Crippen molar-refractivity contribution in [1.29, 1.82) is 0 Å². The van der Waals surface area contributed by atoms with Crippen LogP contribution < -0.4 is 16.0 Å². The second-order valence-corrected chi connectivity index (χ2v) is 13.3. The normalized spacial score (nSPS) is 22.3. The van der Waals surface area contributed by atoms with E-state index in [-0.39, 0.29) is 35.4 Å². The van der Waals surface area contributed by atoms with Crippen molar-refractivity contribution in [3.05, 3.63) is 68.7 Å². The number of benzene rings is 1. The number of nitrogens with zero attached hydrogens (tertiary/aromatic N) is 3. The quantitative estimate of drug-likeness (QED) is 0.252. The number of hydrogen-bond donors (Lipinski definition) is 2. The minimum Gasteiger partial charge on any atom is -0.496 e. The molecule has 15 heteroatoms. The molecule has 4 aromatic rings. The number of hydrogen-bond acceptors (Lipinski definition) is 9. The summed E-state index contributed by atoms with van der Waals surface area (Å²) < 4.78 is 63.0. The maximum Gasteiger partial charge on any atom is 0.418 e. The predicted molar refractivity (Wildman–Crippen MR) is 160 cm³/mol. The molecule has 5 atom stereocenters. The molecule has 0 bridgehead atoms. The largest absolute Gasteiger partial charge is 0.496 e. The zero-order chi connectivity index (χ0) is 33.1. The van der Waals surface area contributed by atoms with Gasteiger partial charge in [0.2, 0.25) is 5.89 Å². The van der Waals surface area contributed by atoms with E-state index in [0.717, 1.165) is 30.9 Å². The Hall–Kier alpha value is -3.95. The summed E-state index contributed by atoms with van der Waals surface area (Å²) >= 11 is 0.506. The number of aromatic nitrogens is 3. The van der Waals surface area contributed by atoms with Crippen LogP contribution in [0.15, 0.2) is 50.7 Å². The molecule has 0 radical (unpaired) electrons. The number of oxazole rings is 1. The van der Waals surface area contributed by atoms with E-state index in [4.69, 9.17) is 13.9 Å². The fraction of sp³-hybridized carbons (Fsp3) is 0.484. The molecule has 2 saturated carbocycles. The lowest BCUT2D eigenvalue weighted by atomic mass is 10.0. The van der Waals surface area contributed by atoms with E-state index >= 15 is 0 Å². The maximum absolute atomic E-state index is 14.8. The number of carboxylic acids is 1. The number of aliphatic hydroxyl groups is 1. The second kappa shape index (κ2) is 11.7. The van der Waals surface area contributed by atoms with Gasteiger partial charge >= 0.3 is 17.8 Å². The van der Waals surface area contributed by atoms with Gasteiger partial charge in [-0.1, -0.05) is 18.2 Å². The molecule has 0 saturated heterocycles. The second-order valence-electron chi connectivity index (χ2n) is 12.3. The van der Waals surface area contributed by atoms with Gasteiger partial charge in [-0.05, 0) is 57.4 Å². The van der Waals surface area contributed by atoms with E-state index < -0.39 is 56.8 Å². The third-order valence-corrected chi connectivity index (χ3v) is 10.3.